The lowest BCUT2D eigenvalue weighted by Crippen LogP contribution is -2.24. The number of halogens is 1. The fourth-order valence-corrected chi connectivity index (χ4v) is 2.04. The molecule has 128 valence electrons. The normalized spacial score (nSPS) is 11.9. The molecule has 0 radical (unpaired) electrons. The van der Waals surface area contributed by atoms with Crippen LogP contribution in [0.15, 0.2) is 33.6 Å². The maximum absolute atomic E-state index is 5.25. The number of aryl methyl sites for hydroxylation is 2. The van der Waals surface area contributed by atoms with E-state index in [0.29, 0.717) is 42.3 Å². The van der Waals surface area contributed by atoms with E-state index in [9.17, 15) is 0 Å². The van der Waals surface area contributed by atoms with Gasteiger partial charge in [0, 0.05) is 43.3 Å². The lowest BCUT2D eigenvalue weighted by molar-refractivity contribution is 0.351. The van der Waals surface area contributed by atoms with Gasteiger partial charge in [-0.3, -0.25) is 4.98 Å². The molecule has 3 aromatic heterocycles. The molecule has 24 heavy (non-hydrogen) atoms. The van der Waals surface area contributed by atoms with E-state index in [1.165, 1.54) is 0 Å². The summed E-state index contributed by atoms with van der Waals surface area (Å²) in [7, 11) is 1.90. The van der Waals surface area contributed by atoms with Gasteiger partial charge in [0.05, 0.1) is 0 Å². The van der Waals surface area contributed by atoms with E-state index < -0.39 is 0 Å². The van der Waals surface area contributed by atoms with Crippen LogP contribution in [0.5, 0.6) is 0 Å². The van der Waals surface area contributed by atoms with Gasteiger partial charge in [0.15, 0.2) is 5.82 Å². The molecule has 8 nitrogen and oxygen atoms in total. The van der Waals surface area contributed by atoms with Crippen molar-refractivity contribution in [3.8, 4) is 11.4 Å². The minimum absolute atomic E-state index is 0. The fraction of sp³-hybridized carbons (Fsp3) is 0.400. The summed E-state index contributed by atoms with van der Waals surface area (Å²) in [5, 5.41) is 11.1. The Morgan fingerprint density at radius 2 is 1.71 bits per heavy atom. The second kappa shape index (κ2) is 8.51. The van der Waals surface area contributed by atoms with Gasteiger partial charge in [0.25, 0.3) is 0 Å². The zero-order valence-corrected chi connectivity index (χ0v) is 14.3. The highest BCUT2D eigenvalue weighted by atomic mass is 35.5. The maximum atomic E-state index is 5.25. The van der Waals surface area contributed by atoms with Crippen LogP contribution in [0.3, 0.4) is 0 Å². The number of nitrogens with one attached hydrogen (secondary N) is 1. The highest BCUT2D eigenvalue weighted by Crippen LogP contribution is 2.15. The van der Waals surface area contributed by atoms with E-state index in [4.69, 9.17) is 9.05 Å². The van der Waals surface area contributed by atoms with Crippen molar-refractivity contribution in [3.63, 3.8) is 0 Å². The Labute approximate surface area is 145 Å². The number of likely N-dealkylation sites (N-methyl/N-ethyl adjacent to an activating group) is 1. The van der Waals surface area contributed by atoms with E-state index >= 15 is 0 Å². The number of hydrogen-bond donors (Lipinski definition) is 1. The van der Waals surface area contributed by atoms with Gasteiger partial charge in [-0.2, -0.15) is 9.97 Å². The third-order valence-electron chi connectivity index (χ3n) is 3.45. The van der Waals surface area contributed by atoms with Gasteiger partial charge in [0.1, 0.15) is 0 Å². The van der Waals surface area contributed by atoms with Crippen molar-refractivity contribution in [1.29, 1.82) is 0 Å². The summed E-state index contributed by atoms with van der Waals surface area (Å²) in [6.45, 7) is 2.06. The van der Waals surface area contributed by atoms with Crippen LogP contribution >= 0.6 is 12.4 Å². The molecule has 0 aliphatic carbocycles. The smallest absolute Gasteiger partial charge is 0.227 e. The van der Waals surface area contributed by atoms with Crippen LogP contribution in [0.4, 0.5) is 0 Å². The molecule has 0 fully saturated rings. The molecular weight excluding hydrogens is 332 g/mol. The van der Waals surface area contributed by atoms with Crippen LogP contribution in [-0.2, 0) is 19.3 Å². The SMILES string of the molecule is CNC(C)Cc1noc(CCc2nc(-c3ccncc3)no2)n1.Cl. The van der Waals surface area contributed by atoms with Crippen LogP contribution < -0.4 is 5.32 Å². The van der Waals surface area contributed by atoms with Crippen LogP contribution in [0.1, 0.15) is 24.5 Å². The van der Waals surface area contributed by atoms with E-state index in [1.807, 2.05) is 19.2 Å². The molecule has 0 saturated heterocycles. The van der Waals surface area contributed by atoms with Crippen LogP contribution in [-0.4, -0.2) is 38.4 Å². The van der Waals surface area contributed by atoms with Crippen LogP contribution in [0.2, 0.25) is 0 Å². The first-order valence-corrected chi connectivity index (χ1v) is 7.46. The average molecular weight is 351 g/mol. The van der Waals surface area contributed by atoms with E-state index in [0.717, 1.165) is 12.0 Å². The van der Waals surface area contributed by atoms with Crippen LogP contribution in [0, 0.1) is 0 Å². The Balaban J connectivity index is 0.00000208. The van der Waals surface area contributed by atoms with Crippen molar-refractivity contribution in [3.05, 3.63) is 42.1 Å². The predicted octanol–water partition coefficient (Wildman–Crippen LogP) is 1.87. The van der Waals surface area contributed by atoms with Gasteiger partial charge in [-0.25, -0.2) is 0 Å². The molecule has 3 rings (SSSR count). The summed E-state index contributed by atoms with van der Waals surface area (Å²) >= 11 is 0. The summed E-state index contributed by atoms with van der Waals surface area (Å²) in [6.07, 6.45) is 5.24. The number of nitrogens with zero attached hydrogens (tertiary/aromatic N) is 5. The third-order valence-corrected chi connectivity index (χ3v) is 3.45. The molecule has 0 saturated carbocycles. The third kappa shape index (κ3) is 4.59. The first kappa shape index (κ1) is 18.0. The lowest BCUT2D eigenvalue weighted by atomic mass is 10.2. The number of rotatable bonds is 7. The summed E-state index contributed by atoms with van der Waals surface area (Å²) in [5.74, 6) is 2.37. The Morgan fingerprint density at radius 1 is 1.04 bits per heavy atom. The number of aromatic nitrogens is 5. The van der Waals surface area contributed by atoms with Gasteiger partial charge in [0.2, 0.25) is 17.6 Å². The zero-order valence-electron chi connectivity index (χ0n) is 13.5. The first-order valence-electron chi connectivity index (χ1n) is 7.46. The Kier molecular flexibility index (Phi) is 6.39. The molecule has 0 aliphatic heterocycles. The molecule has 0 aromatic carbocycles. The van der Waals surface area contributed by atoms with Crippen molar-refractivity contribution >= 4 is 12.4 Å². The van der Waals surface area contributed by atoms with Crippen molar-refractivity contribution in [1.82, 2.24) is 30.6 Å². The monoisotopic (exact) mass is 350 g/mol. The van der Waals surface area contributed by atoms with Gasteiger partial charge in [-0.15, -0.1) is 12.4 Å². The minimum atomic E-state index is 0. The summed E-state index contributed by atoms with van der Waals surface area (Å²) < 4.78 is 10.5. The first-order chi connectivity index (χ1) is 11.2. The maximum Gasteiger partial charge on any atom is 0.227 e. The average Bonchev–Trinajstić information content (AvgIpc) is 3.23. The molecule has 1 N–H and O–H groups in total. The van der Waals surface area contributed by atoms with Crippen LogP contribution in [0.25, 0.3) is 11.4 Å². The standard InChI is InChI=1S/C15H18N6O2.ClH/c1-10(16-2)9-12-18-13(22-20-12)3-4-14-19-15(21-23-14)11-5-7-17-8-6-11;/h5-8,10,16H,3-4,9H2,1-2H3;1H. The number of pyridine rings is 1. The molecule has 1 atom stereocenters. The van der Waals surface area contributed by atoms with Crippen molar-refractivity contribution < 1.29 is 9.05 Å². The Hall–Kier alpha value is -2.32. The summed E-state index contributed by atoms with van der Waals surface area (Å²) in [6, 6.07) is 3.98. The second-order valence-corrected chi connectivity index (χ2v) is 5.25. The Bertz CT molecular complexity index is 745. The van der Waals surface area contributed by atoms with E-state index in [1.54, 1.807) is 12.4 Å². The lowest BCUT2D eigenvalue weighted by Gasteiger charge is -2.04. The predicted molar refractivity (Wildman–Crippen MR) is 88.7 cm³/mol. The quantitative estimate of drug-likeness (QED) is 0.688. The van der Waals surface area contributed by atoms with E-state index in [2.05, 4.69) is 37.5 Å². The largest absolute Gasteiger partial charge is 0.339 e. The molecule has 0 bridgehead atoms. The summed E-state index contributed by atoms with van der Waals surface area (Å²) in [4.78, 5) is 12.7. The highest BCUT2D eigenvalue weighted by molar-refractivity contribution is 5.85. The number of hydrogen-bond acceptors (Lipinski definition) is 8. The highest BCUT2D eigenvalue weighted by Gasteiger charge is 2.12. The molecular formula is C15H19ClN6O2. The van der Waals surface area contributed by atoms with Crippen molar-refractivity contribution in [2.24, 2.45) is 0 Å². The minimum Gasteiger partial charge on any atom is -0.339 e. The molecule has 0 aliphatic rings. The molecule has 0 amide bonds. The van der Waals surface area contributed by atoms with Crippen molar-refractivity contribution in [2.75, 3.05) is 7.05 Å². The van der Waals surface area contributed by atoms with Gasteiger partial charge in [-0.05, 0) is 26.1 Å². The summed E-state index contributed by atoms with van der Waals surface area (Å²) in [5.41, 5.74) is 0.871. The second-order valence-electron chi connectivity index (χ2n) is 5.25. The molecule has 3 heterocycles. The zero-order chi connectivity index (χ0) is 16.1. The molecule has 1 unspecified atom stereocenters. The van der Waals surface area contributed by atoms with Gasteiger partial charge < -0.3 is 14.4 Å². The fourth-order valence-electron chi connectivity index (χ4n) is 2.04. The molecule has 3 aromatic rings. The van der Waals surface area contributed by atoms with E-state index in [-0.39, 0.29) is 12.4 Å². The van der Waals surface area contributed by atoms with Gasteiger partial charge >= 0.3 is 0 Å². The molecule has 9 heteroatoms. The van der Waals surface area contributed by atoms with Gasteiger partial charge in [-0.1, -0.05) is 10.3 Å². The van der Waals surface area contributed by atoms with Crippen molar-refractivity contribution in [2.45, 2.75) is 32.2 Å². The Morgan fingerprint density at radius 3 is 2.42 bits per heavy atom. The molecule has 0 spiro atoms. The topological polar surface area (TPSA) is 103 Å².